The standard InChI is InChI=1S/C11H15NO6S/c1-11(10(17)18,6(5-19)9(15)16)12-7(13)3-2-4-8(12)14/h6,19H,2-5H2,1H3,(H,15,16)(H,17,18)/t6?,11-/m0/s1. The molecule has 0 spiro atoms. The Morgan fingerprint density at radius 1 is 1.32 bits per heavy atom. The summed E-state index contributed by atoms with van der Waals surface area (Å²) in [6.07, 6.45) is 0.420. The Morgan fingerprint density at radius 3 is 2.11 bits per heavy atom. The zero-order chi connectivity index (χ0) is 14.8. The predicted octanol–water partition coefficient (Wildman–Crippen LogP) is -0.000600. The number of carbonyl (C=O) groups excluding carboxylic acids is 2. The number of carbonyl (C=O) groups is 4. The van der Waals surface area contributed by atoms with E-state index in [9.17, 15) is 24.3 Å². The summed E-state index contributed by atoms with van der Waals surface area (Å²) >= 11 is 3.83. The van der Waals surface area contributed by atoms with Gasteiger partial charge in [0.2, 0.25) is 11.8 Å². The Hall–Kier alpha value is -1.57. The van der Waals surface area contributed by atoms with Crippen molar-refractivity contribution in [1.82, 2.24) is 4.90 Å². The quantitative estimate of drug-likeness (QED) is 0.485. The molecule has 0 aromatic heterocycles. The van der Waals surface area contributed by atoms with Gasteiger partial charge < -0.3 is 10.2 Å². The fourth-order valence-electron chi connectivity index (χ4n) is 2.17. The number of amides is 2. The molecule has 8 heteroatoms. The number of rotatable bonds is 5. The zero-order valence-electron chi connectivity index (χ0n) is 10.3. The van der Waals surface area contributed by atoms with Crippen LogP contribution in [0.25, 0.3) is 0 Å². The van der Waals surface area contributed by atoms with Crippen LogP contribution in [-0.2, 0) is 19.2 Å². The van der Waals surface area contributed by atoms with E-state index in [1.54, 1.807) is 0 Å². The van der Waals surface area contributed by atoms with Gasteiger partial charge in [-0.2, -0.15) is 12.6 Å². The number of nitrogens with zero attached hydrogens (tertiary/aromatic N) is 1. The number of piperidine rings is 1. The number of carboxylic acids is 2. The molecule has 2 atom stereocenters. The smallest absolute Gasteiger partial charge is 0.330 e. The van der Waals surface area contributed by atoms with Gasteiger partial charge in [-0.25, -0.2) is 4.79 Å². The third kappa shape index (κ3) is 2.58. The van der Waals surface area contributed by atoms with Crippen molar-refractivity contribution in [2.45, 2.75) is 31.7 Å². The first-order valence-corrected chi connectivity index (χ1v) is 6.33. The Bertz CT molecular complexity index is 421. The summed E-state index contributed by atoms with van der Waals surface area (Å²) in [7, 11) is 0. The molecule has 1 aliphatic heterocycles. The molecule has 1 saturated heterocycles. The molecular formula is C11H15NO6S. The van der Waals surface area contributed by atoms with Gasteiger partial charge in [-0.05, 0) is 13.3 Å². The van der Waals surface area contributed by atoms with E-state index in [4.69, 9.17) is 5.11 Å². The van der Waals surface area contributed by atoms with Crippen LogP contribution in [0.1, 0.15) is 26.2 Å². The van der Waals surface area contributed by atoms with E-state index < -0.39 is 35.2 Å². The second-order valence-electron chi connectivity index (χ2n) is 4.50. The van der Waals surface area contributed by atoms with Crippen molar-refractivity contribution in [3.63, 3.8) is 0 Å². The van der Waals surface area contributed by atoms with Crippen LogP contribution < -0.4 is 0 Å². The first-order valence-electron chi connectivity index (χ1n) is 5.69. The first kappa shape index (κ1) is 15.5. The van der Waals surface area contributed by atoms with Crippen LogP contribution in [0.15, 0.2) is 0 Å². The minimum Gasteiger partial charge on any atom is -0.481 e. The lowest BCUT2D eigenvalue weighted by molar-refractivity contribution is -0.175. The molecule has 2 N–H and O–H groups in total. The number of carboxylic acid groups (broad SMARTS) is 2. The van der Waals surface area contributed by atoms with Crippen molar-refractivity contribution >= 4 is 36.4 Å². The predicted molar refractivity (Wildman–Crippen MR) is 66.7 cm³/mol. The minimum atomic E-state index is -2.12. The molecule has 1 aliphatic rings. The van der Waals surface area contributed by atoms with Crippen LogP contribution in [0.2, 0.25) is 0 Å². The van der Waals surface area contributed by atoms with E-state index in [0.717, 1.165) is 6.92 Å². The van der Waals surface area contributed by atoms with Gasteiger partial charge in [-0.3, -0.25) is 19.3 Å². The molecule has 0 radical (unpaired) electrons. The second kappa shape index (κ2) is 5.60. The molecule has 106 valence electrons. The Balaban J connectivity index is 3.32. The molecular weight excluding hydrogens is 274 g/mol. The normalized spacial score (nSPS) is 20.8. The number of likely N-dealkylation sites (tertiary alicyclic amines) is 1. The molecule has 2 amide bonds. The van der Waals surface area contributed by atoms with Crippen LogP contribution in [0.3, 0.4) is 0 Å². The molecule has 19 heavy (non-hydrogen) atoms. The molecule has 1 heterocycles. The van der Waals surface area contributed by atoms with Gasteiger partial charge in [0.15, 0.2) is 5.54 Å². The second-order valence-corrected chi connectivity index (χ2v) is 4.87. The Kier molecular flexibility index (Phi) is 4.56. The van der Waals surface area contributed by atoms with Crippen molar-refractivity contribution in [1.29, 1.82) is 0 Å². The van der Waals surface area contributed by atoms with Gasteiger partial charge in [0.05, 0.1) is 5.92 Å². The number of hydrogen-bond acceptors (Lipinski definition) is 5. The lowest BCUT2D eigenvalue weighted by atomic mass is 9.83. The summed E-state index contributed by atoms with van der Waals surface area (Å²) in [5, 5.41) is 18.4. The number of thiol groups is 1. The molecule has 0 aromatic carbocycles. The number of hydrogen-bond donors (Lipinski definition) is 3. The fourth-order valence-corrected chi connectivity index (χ4v) is 2.68. The summed E-state index contributed by atoms with van der Waals surface area (Å²) < 4.78 is 0. The summed E-state index contributed by atoms with van der Waals surface area (Å²) in [5.41, 5.74) is -2.12. The van der Waals surface area contributed by atoms with Crippen LogP contribution in [0.5, 0.6) is 0 Å². The highest BCUT2D eigenvalue weighted by Crippen LogP contribution is 2.31. The van der Waals surface area contributed by atoms with Gasteiger partial charge in [0.1, 0.15) is 0 Å². The summed E-state index contributed by atoms with van der Waals surface area (Å²) in [6.45, 7) is 1.07. The average molecular weight is 289 g/mol. The Labute approximate surface area is 115 Å². The summed E-state index contributed by atoms with van der Waals surface area (Å²) in [5.74, 6) is -6.03. The van der Waals surface area contributed by atoms with Crippen molar-refractivity contribution in [2.75, 3.05) is 5.75 Å². The molecule has 0 saturated carbocycles. The van der Waals surface area contributed by atoms with E-state index >= 15 is 0 Å². The molecule has 0 bridgehead atoms. The SMILES string of the molecule is C[C@@](C(=O)O)(C(CS)C(=O)O)N1C(=O)CCCC1=O. The Morgan fingerprint density at radius 2 is 1.79 bits per heavy atom. The molecule has 7 nitrogen and oxygen atoms in total. The maximum atomic E-state index is 11.8. The van der Waals surface area contributed by atoms with Crippen LogP contribution in [0.4, 0.5) is 0 Å². The van der Waals surface area contributed by atoms with Crippen LogP contribution in [-0.4, -0.2) is 50.2 Å². The van der Waals surface area contributed by atoms with Gasteiger partial charge >= 0.3 is 11.9 Å². The number of imide groups is 1. The highest BCUT2D eigenvalue weighted by molar-refractivity contribution is 7.80. The lowest BCUT2D eigenvalue weighted by Gasteiger charge is -2.41. The summed E-state index contributed by atoms with van der Waals surface area (Å²) in [6, 6.07) is 0. The van der Waals surface area contributed by atoms with Gasteiger partial charge in [-0.15, -0.1) is 0 Å². The van der Waals surface area contributed by atoms with Crippen molar-refractivity contribution in [3.8, 4) is 0 Å². The van der Waals surface area contributed by atoms with E-state index in [0.29, 0.717) is 11.3 Å². The number of aliphatic carboxylic acids is 2. The van der Waals surface area contributed by atoms with Crippen LogP contribution in [0, 0.1) is 5.92 Å². The van der Waals surface area contributed by atoms with E-state index in [1.807, 2.05) is 0 Å². The van der Waals surface area contributed by atoms with E-state index in [2.05, 4.69) is 12.6 Å². The van der Waals surface area contributed by atoms with Crippen molar-refractivity contribution in [3.05, 3.63) is 0 Å². The molecule has 1 fully saturated rings. The lowest BCUT2D eigenvalue weighted by Crippen LogP contribution is -2.64. The third-order valence-electron chi connectivity index (χ3n) is 3.34. The third-order valence-corrected chi connectivity index (χ3v) is 3.70. The first-order chi connectivity index (χ1) is 8.76. The largest absolute Gasteiger partial charge is 0.481 e. The molecule has 0 aliphatic carbocycles. The van der Waals surface area contributed by atoms with Crippen LogP contribution >= 0.6 is 12.6 Å². The van der Waals surface area contributed by atoms with Crippen molar-refractivity contribution < 1.29 is 29.4 Å². The van der Waals surface area contributed by atoms with E-state index in [1.165, 1.54) is 0 Å². The summed E-state index contributed by atoms with van der Waals surface area (Å²) in [4.78, 5) is 46.9. The van der Waals surface area contributed by atoms with Gasteiger partial charge in [0, 0.05) is 18.6 Å². The molecule has 0 aromatic rings. The highest BCUT2D eigenvalue weighted by atomic mass is 32.1. The maximum absolute atomic E-state index is 11.8. The van der Waals surface area contributed by atoms with Gasteiger partial charge in [0.25, 0.3) is 0 Å². The van der Waals surface area contributed by atoms with Gasteiger partial charge in [-0.1, -0.05) is 0 Å². The maximum Gasteiger partial charge on any atom is 0.330 e. The topological polar surface area (TPSA) is 112 Å². The molecule has 1 unspecified atom stereocenters. The highest BCUT2D eigenvalue weighted by Gasteiger charge is 2.54. The molecule has 1 rings (SSSR count). The van der Waals surface area contributed by atoms with E-state index in [-0.39, 0.29) is 18.6 Å². The average Bonchev–Trinajstić information content (AvgIpc) is 2.28. The minimum absolute atomic E-state index is 0.0352. The monoisotopic (exact) mass is 289 g/mol. The zero-order valence-corrected chi connectivity index (χ0v) is 11.2. The van der Waals surface area contributed by atoms with Crippen molar-refractivity contribution in [2.24, 2.45) is 5.92 Å². The fraction of sp³-hybridized carbons (Fsp3) is 0.636.